The van der Waals surface area contributed by atoms with Crippen molar-refractivity contribution in [2.24, 2.45) is 5.41 Å². The van der Waals surface area contributed by atoms with Crippen molar-refractivity contribution in [2.45, 2.75) is 160 Å². The third kappa shape index (κ3) is 14.2. The van der Waals surface area contributed by atoms with E-state index < -0.39 is 47.7 Å². The van der Waals surface area contributed by atoms with E-state index in [4.69, 9.17) is 0 Å². The number of hydrogen-bond donors (Lipinski definition) is 7. The lowest BCUT2D eigenvalue weighted by Crippen LogP contribution is -2.59. The van der Waals surface area contributed by atoms with Gasteiger partial charge in [-0.1, -0.05) is 118 Å². The van der Waals surface area contributed by atoms with Gasteiger partial charge in [-0.25, -0.2) is 0 Å². The van der Waals surface area contributed by atoms with Gasteiger partial charge in [0.15, 0.2) is 0 Å². The molecule has 5 unspecified atom stereocenters. The standard InChI is InChI=1S/C67H84N10O7/c1-41(68-6)60(78)73-56(65(83)76-39-49-20-10-9-19-48(49)36-57(76)63(81)71-54-25-15-21-45-17-11-13-23-52(45)54)35-43-29-33-51(34-30-43)75(8)38-44-27-31-47(32-28-44)62(80)70-50-37-58(64(82)72-55-26-16-22-46-18-12-14-24-53(46)55)77(40-50)66(84)59(67(3,4)5)74-61(79)42(2)69-7/h9-14,17-20,23-24,27-34,41-42,50,54-59,68-69H,15-16,21-22,25-26,35-40H2,1-8H3,(H,70,80)(H,71,81)(H,72,82)(H,73,78)(H,74,79)/t41?,42?,50-,54+,55+,56?,57?,58-,59?/m0/s1. The van der Waals surface area contributed by atoms with Crippen LogP contribution in [-0.4, -0.2) is 121 Å². The van der Waals surface area contributed by atoms with Crippen molar-refractivity contribution in [3.05, 3.63) is 171 Å². The Balaban J connectivity index is 0.857. The molecule has 5 aromatic carbocycles. The number of benzene rings is 5. The van der Waals surface area contributed by atoms with Gasteiger partial charge < -0.3 is 51.9 Å². The first kappa shape index (κ1) is 60.7. The maximum absolute atomic E-state index is 15.0. The van der Waals surface area contributed by atoms with Gasteiger partial charge in [0.25, 0.3) is 5.91 Å². The second-order valence-corrected chi connectivity index (χ2v) is 24.5. The van der Waals surface area contributed by atoms with E-state index in [-0.39, 0.29) is 79.4 Å². The van der Waals surface area contributed by atoms with E-state index in [1.165, 1.54) is 16.0 Å². The molecule has 0 bridgehead atoms. The number of nitrogens with zero attached hydrogens (tertiary/aromatic N) is 3. The van der Waals surface area contributed by atoms with Gasteiger partial charge in [-0.3, -0.25) is 33.6 Å². The minimum absolute atomic E-state index is 0.0832. The van der Waals surface area contributed by atoms with Crippen LogP contribution in [0.25, 0.3) is 0 Å². The van der Waals surface area contributed by atoms with Crippen LogP contribution in [0.4, 0.5) is 5.69 Å². The molecular weight excluding hydrogens is 1060 g/mol. The molecule has 0 aromatic heterocycles. The highest BCUT2D eigenvalue weighted by Crippen LogP contribution is 2.34. The Morgan fingerprint density at radius 2 is 1.12 bits per heavy atom. The summed E-state index contributed by atoms with van der Waals surface area (Å²) >= 11 is 0. The first-order valence-corrected chi connectivity index (χ1v) is 29.9. The number of carbonyl (C=O) groups is 7. The van der Waals surface area contributed by atoms with Crippen molar-refractivity contribution in [2.75, 3.05) is 32.6 Å². The predicted octanol–water partition coefficient (Wildman–Crippen LogP) is 6.14. The van der Waals surface area contributed by atoms with E-state index in [0.717, 1.165) is 77.6 Å². The number of hydrogen-bond acceptors (Lipinski definition) is 10. The molecule has 9 rings (SSSR count). The number of likely N-dealkylation sites (tertiary alicyclic amines) is 1. The van der Waals surface area contributed by atoms with Gasteiger partial charge in [0.2, 0.25) is 35.4 Å². The molecule has 7 N–H and O–H groups in total. The molecule has 0 spiro atoms. The van der Waals surface area contributed by atoms with Gasteiger partial charge in [0.05, 0.1) is 24.2 Å². The highest BCUT2D eigenvalue weighted by Gasteiger charge is 2.46. The normalized spacial score (nSPS) is 20.5. The smallest absolute Gasteiger partial charge is 0.251 e. The van der Waals surface area contributed by atoms with Crippen LogP contribution in [0.3, 0.4) is 0 Å². The van der Waals surface area contributed by atoms with Gasteiger partial charge in [-0.2, -0.15) is 0 Å². The van der Waals surface area contributed by atoms with E-state index in [1.807, 2.05) is 119 Å². The Hall–Kier alpha value is -7.89. The minimum Gasteiger partial charge on any atom is -0.370 e. The molecule has 0 radical (unpaired) electrons. The zero-order valence-electron chi connectivity index (χ0n) is 49.9. The highest BCUT2D eigenvalue weighted by atomic mass is 16.2. The van der Waals surface area contributed by atoms with Crippen LogP contribution in [0, 0.1) is 5.41 Å². The second-order valence-electron chi connectivity index (χ2n) is 24.5. The number of fused-ring (bicyclic) bond motifs is 3. The molecule has 2 aliphatic heterocycles. The number of amides is 7. The monoisotopic (exact) mass is 1140 g/mol. The van der Waals surface area contributed by atoms with Crippen LogP contribution in [-0.2, 0) is 67.5 Å². The average Bonchev–Trinajstić information content (AvgIpc) is 3.98. The lowest BCUT2D eigenvalue weighted by atomic mass is 9.85. The first-order chi connectivity index (χ1) is 40.3. The molecule has 84 heavy (non-hydrogen) atoms. The Labute approximate surface area is 494 Å². The quantitative estimate of drug-likeness (QED) is 0.0502. The van der Waals surface area contributed by atoms with E-state index in [1.54, 1.807) is 45.0 Å². The fourth-order valence-corrected chi connectivity index (χ4v) is 12.3. The van der Waals surface area contributed by atoms with Gasteiger partial charge in [-0.05, 0) is 147 Å². The minimum atomic E-state index is -0.961. The summed E-state index contributed by atoms with van der Waals surface area (Å²) < 4.78 is 0. The van der Waals surface area contributed by atoms with Crippen molar-refractivity contribution in [1.82, 2.24) is 47.0 Å². The molecule has 7 amide bonds. The second kappa shape index (κ2) is 26.8. The van der Waals surface area contributed by atoms with Crippen LogP contribution in [0.1, 0.15) is 134 Å². The number of carbonyl (C=O) groups excluding carboxylic acids is 7. The van der Waals surface area contributed by atoms with Gasteiger partial charge >= 0.3 is 0 Å². The number of rotatable bonds is 19. The molecule has 1 saturated heterocycles. The van der Waals surface area contributed by atoms with Crippen LogP contribution in [0.15, 0.2) is 121 Å². The molecule has 2 aliphatic carbocycles. The van der Waals surface area contributed by atoms with Crippen molar-refractivity contribution in [1.29, 1.82) is 0 Å². The molecule has 0 saturated carbocycles. The molecule has 444 valence electrons. The van der Waals surface area contributed by atoms with Crippen molar-refractivity contribution < 1.29 is 33.6 Å². The predicted molar refractivity (Wildman–Crippen MR) is 325 cm³/mol. The summed E-state index contributed by atoms with van der Waals surface area (Å²) in [5.74, 6) is -2.22. The summed E-state index contributed by atoms with van der Waals surface area (Å²) in [5, 5.41) is 21.6. The van der Waals surface area contributed by atoms with Crippen LogP contribution in [0.2, 0.25) is 0 Å². The van der Waals surface area contributed by atoms with Crippen molar-refractivity contribution >= 4 is 47.0 Å². The van der Waals surface area contributed by atoms with Crippen molar-refractivity contribution in [3.63, 3.8) is 0 Å². The Bertz CT molecular complexity index is 3200. The molecule has 17 nitrogen and oxygen atoms in total. The van der Waals surface area contributed by atoms with Gasteiger partial charge in [0.1, 0.15) is 24.2 Å². The summed E-state index contributed by atoms with van der Waals surface area (Å²) in [6.45, 7) is 9.92. The third-order valence-electron chi connectivity index (χ3n) is 17.5. The van der Waals surface area contributed by atoms with Gasteiger partial charge in [0, 0.05) is 56.8 Å². The van der Waals surface area contributed by atoms with Crippen molar-refractivity contribution in [3.8, 4) is 0 Å². The summed E-state index contributed by atoms with van der Waals surface area (Å²) in [5.41, 5.74) is 9.00. The summed E-state index contributed by atoms with van der Waals surface area (Å²) in [6, 6.07) is 33.8. The number of aryl methyl sites for hydroxylation is 2. The van der Waals surface area contributed by atoms with E-state index in [0.29, 0.717) is 18.5 Å². The summed E-state index contributed by atoms with van der Waals surface area (Å²) in [7, 11) is 5.34. The van der Waals surface area contributed by atoms with Crippen LogP contribution >= 0.6 is 0 Å². The van der Waals surface area contributed by atoms with E-state index >= 15 is 4.79 Å². The maximum Gasteiger partial charge on any atom is 0.251 e. The number of anilines is 1. The molecule has 1 fully saturated rings. The zero-order valence-corrected chi connectivity index (χ0v) is 49.9. The van der Waals surface area contributed by atoms with E-state index in [9.17, 15) is 28.8 Å². The molecule has 9 atom stereocenters. The molecule has 17 heteroatoms. The summed E-state index contributed by atoms with van der Waals surface area (Å²) in [4.78, 5) is 105. The lowest BCUT2D eigenvalue weighted by Gasteiger charge is -2.39. The molecular formula is C67H84N10O7. The largest absolute Gasteiger partial charge is 0.370 e. The highest BCUT2D eigenvalue weighted by molar-refractivity contribution is 5.97. The maximum atomic E-state index is 15.0. The third-order valence-corrected chi connectivity index (χ3v) is 17.5. The van der Waals surface area contributed by atoms with Gasteiger partial charge in [-0.15, -0.1) is 0 Å². The molecule has 2 heterocycles. The average molecular weight is 1140 g/mol. The first-order valence-electron chi connectivity index (χ1n) is 29.9. The van der Waals surface area contributed by atoms with Crippen LogP contribution < -0.4 is 42.1 Å². The Morgan fingerprint density at radius 3 is 1.69 bits per heavy atom. The molecule has 5 aromatic rings. The van der Waals surface area contributed by atoms with E-state index in [2.05, 4.69) is 60.3 Å². The topological polar surface area (TPSA) is 213 Å². The fourth-order valence-electron chi connectivity index (χ4n) is 12.3. The SMILES string of the molecule is CNC(C)C(=O)NC(Cc1ccc(N(C)Cc2ccc(C(=O)N[C@H]3C[C@@H](C(=O)N[C@@H]4CCCc5ccccc54)N(C(=O)C(NC(=O)C(C)NC)C(C)(C)C)C3)cc2)cc1)C(=O)N1Cc2ccccc2CC1C(=O)N[C@@H]1CCCc2ccccc21. The summed E-state index contributed by atoms with van der Waals surface area (Å²) in [6.07, 6.45) is 6.09. The number of likely N-dealkylation sites (N-methyl/N-ethyl adjacent to an activating group) is 2. The Kier molecular flexibility index (Phi) is 19.4. The zero-order chi connectivity index (χ0) is 59.8. The van der Waals surface area contributed by atoms with Crippen LogP contribution in [0.5, 0.6) is 0 Å². The fraction of sp³-hybridized carbons (Fsp3) is 0.448. The number of nitrogens with one attached hydrogen (secondary N) is 7. The Morgan fingerprint density at radius 1 is 0.595 bits per heavy atom. The lowest BCUT2D eigenvalue weighted by molar-refractivity contribution is -0.145. The molecule has 4 aliphatic rings.